The Morgan fingerprint density at radius 1 is 1.07 bits per heavy atom. The van der Waals surface area contributed by atoms with Gasteiger partial charge in [0, 0.05) is 0 Å². The van der Waals surface area contributed by atoms with E-state index in [2.05, 4.69) is 4.74 Å². The lowest BCUT2D eigenvalue weighted by Gasteiger charge is -2.32. The SMILES string of the molecule is CC(OCC(F)(F)F)(C1CC1)C(F)(F)F. The van der Waals surface area contributed by atoms with Crippen molar-refractivity contribution in [2.24, 2.45) is 5.92 Å². The number of hydrogen-bond donors (Lipinski definition) is 0. The fourth-order valence-corrected chi connectivity index (χ4v) is 1.30. The first-order valence-electron chi connectivity index (χ1n) is 4.34. The highest BCUT2D eigenvalue weighted by Crippen LogP contribution is 2.50. The van der Waals surface area contributed by atoms with Crippen LogP contribution in [0.1, 0.15) is 19.8 Å². The van der Waals surface area contributed by atoms with Gasteiger partial charge in [-0.2, -0.15) is 26.3 Å². The van der Waals surface area contributed by atoms with Gasteiger partial charge in [0.2, 0.25) is 0 Å². The summed E-state index contributed by atoms with van der Waals surface area (Å²) >= 11 is 0. The molecule has 1 unspecified atom stereocenters. The van der Waals surface area contributed by atoms with E-state index >= 15 is 0 Å². The van der Waals surface area contributed by atoms with Gasteiger partial charge in [0.15, 0.2) is 5.60 Å². The van der Waals surface area contributed by atoms with E-state index in [-0.39, 0.29) is 12.8 Å². The van der Waals surface area contributed by atoms with Gasteiger partial charge in [0.25, 0.3) is 0 Å². The van der Waals surface area contributed by atoms with Crippen LogP contribution in [0, 0.1) is 5.92 Å². The van der Waals surface area contributed by atoms with Crippen molar-refractivity contribution in [2.45, 2.75) is 37.7 Å². The van der Waals surface area contributed by atoms with Crippen LogP contribution >= 0.6 is 0 Å². The van der Waals surface area contributed by atoms with Crippen LogP contribution in [0.2, 0.25) is 0 Å². The van der Waals surface area contributed by atoms with E-state index in [0.717, 1.165) is 0 Å². The van der Waals surface area contributed by atoms with Gasteiger partial charge in [0.1, 0.15) is 6.61 Å². The molecule has 1 aliphatic rings. The second-order valence-corrected chi connectivity index (χ2v) is 3.78. The molecular weight excluding hydrogens is 226 g/mol. The normalized spacial score (nSPS) is 22.6. The summed E-state index contributed by atoms with van der Waals surface area (Å²) in [6.07, 6.45) is -8.98. The van der Waals surface area contributed by atoms with Crippen molar-refractivity contribution in [3.05, 3.63) is 0 Å². The van der Waals surface area contributed by atoms with Crippen molar-refractivity contribution in [3.63, 3.8) is 0 Å². The second-order valence-electron chi connectivity index (χ2n) is 3.78. The zero-order chi connectivity index (χ0) is 11.9. The topological polar surface area (TPSA) is 9.23 Å². The van der Waals surface area contributed by atoms with Gasteiger partial charge in [-0.3, -0.25) is 0 Å². The third kappa shape index (κ3) is 2.99. The number of alkyl halides is 6. The third-order valence-corrected chi connectivity index (χ3v) is 2.45. The van der Waals surface area contributed by atoms with Gasteiger partial charge in [-0.15, -0.1) is 0 Å². The summed E-state index contributed by atoms with van der Waals surface area (Å²) in [6.45, 7) is -1.18. The molecule has 0 bridgehead atoms. The van der Waals surface area contributed by atoms with E-state index in [9.17, 15) is 26.3 Å². The maximum absolute atomic E-state index is 12.5. The molecule has 0 heterocycles. The standard InChI is InChI=1S/C8H10F6O/c1-6(5-2-3-5,8(12,13)14)15-4-7(9,10)11/h5H,2-4H2,1H3. The Morgan fingerprint density at radius 2 is 1.53 bits per heavy atom. The highest BCUT2D eigenvalue weighted by molar-refractivity contribution is 4.98. The maximum Gasteiger partial charge on any atom is 0.417 e. The molecule has 1 rings (SSSR count). The van der Waals surface area contributed by atoms with E-state index in [1.54, 1.807) is 0 Å². The van der Waals surface area contributed by atoms with Crippen LogP contribution < -0.4 is 0 Å². The van der Waals surface area contributed by atoms with Gasteiger partial charge >= 0.3 is 12.4 Å². The summed E-state index contributed by atoms with van der Waals surface area (Å²) in [5.74, 6) is -0.847. The summed E-state index contributed by atoms with van der Waals surface area (Å²) in [5.41, 5.74) is -2.66. The van der Waals surface area contributed by atoms with Crippen molar-refractivity contribution in [2.75, 3.05) is 6.61 Å². The highest BCUT2D eigenvalue weighted by Gasteiger charge is 2.61. The quantitative estimate of drug-likeness (QED) is 0.683. The number of ether oxygens (including phenoxy) is 1. The lowest BCUT2D eigenvalue weighted by molar-refractivity contribution is -0.304. The fourth-order valence-electron chi connectivity index (χ4n) is 1.30. The molecule has 0 N–H and O–H groups in total. The molecule has 0 aromatic carbocycles. The zero-order valence-electron chi connectivity index (χ0n) is 7.87. The molecule has 0 aromatic rings. The van der Waals surface area contributed by atoms with Crippen LogP contribution in [0.5, 0.6) is 0 Å². The first-order chi connectivity index (χ1) is 6.56. The molecule has 1 atom stereocenters. The van der Waals surface area contributed by atoms with Gasteiger partial charge in [-0.05, 0) is 25.7 Å². The fraction of sp³-hybridized carbons (Fsp3) is 1.00. The first-order valence-corrected chi connectivity index (χ1v) is 4.34. The third-order valence-electron chi connectivity index (χ3n) is 2.45. The zero-order valence-corrected chi connectivity index (χ0v) is 7.87. The van der Waals surface area contributed by atoms with Crippen molar-refractivity contribution >= 4 is 0 Å². The molecule has 0 spiro atoms. The van der Waals surface area contributed by atoms with E-state index in [1.807, 2.05) is 0 Å². The molecule has 1 aliphatic carbocycles. The second kappa shape index (κ2) is 3.54. The Bertz CT molecular complexity index is 228. The van der Waals surface area contributed by atoms with E-state index in [0.29, 0.717) is 6.92 Å². The van der Waals surface area contributed by atoms with Gasteiger partial charge in [-0.1, -0.05) is 0 Å². The predicted octanol–water partition coefficient (Wildman–Crippen LogP) is 3.30. The highest BCUT2D eigenvalue weighted by atomic mass is 19.4. The monoisotopic (exact) mass is 236 g/mol. The minimum atomic E-state index is -4.76. The molecule has 1 fully saturated rings. The number of hydrogen-bond acceptors (Lipinski definition) is 1. The molecular formula is C8H10F6O. The Kier molecular flexibility index (Phi) is 2.97. The van der Waals surface area contributed by atoms with Crippen LogP contribution in [0.3, 0.4) is 0 Å². The maximum atomic E-state index is 12.5. The number of rotatable bonds is 3. The largest absolute Gasteiger partial charge is 0.417 e. The molecule has 1 saturated carbocycles. The lowest BCUT2D eigenvalue weighted by atomic mass is 10.00. The summed E-state index contributed by atoms with van der Waals surface area (Å²) in [7, 11) is 0. The molecule has 0 amide bonds. The smallest absolute Gasteiger partial charge is 0.356 e. The van der Waals surface area contributed by atoms with Crippen LogP contribution in [-0.2, 0) is 4.74 Å². The van der Waals surface area contributed by atoms with E-state index in [1.165, 1.54) is 0 Å². The first kappa shape index (κ1) is 12.6. The molecule has 0 radical (unpaired) electrons. The van der Waals surface area contributed by atoms with Crippen molar-refractivity contribution in [1.29, 1.82) is 0 Å². The molecule has 0 aliphatic heterocycles. The predicted molar refractivity (Wildman–Crippen MR) is 39.2 cm³/mol. The average Bonchev–Trinajstić information content (AvgIpc) is 2.78. The van der Waals surface area contributed by atoms with Gasteiger partial charge in [0.05, 0.1) is 0 Å². The minimum absolute atomic E-state index is 0.258. The summed E-state index contributed by atoms with van der Waals surface area (Å²) in [6, 6.07) is 0. The Hall–Kier alpha value is -0.460. The van der Waals surface area contributed by atoms with Crippen LogP contribution in [0.25, 0.3) is 0 Å². The lowest BCUT2D eigenvalue weighted by Crippen LogP contribution is -2.48. The van der Waals surface area contributed by atoms with Crippen molar-refractivity contribution < 1.29 is 31.1 Å². The molecule has 15 heavy (non-hydrogen) atoms. The minimum Gasteiger partial charge on any atom is -0.356 e. The van der Waals surface area contributed by atoms with Gasteiger partial charge < -0.3 is 4.74 Å². The molecule has 0 aromatic heterocycles. The Labute approximate surface area is 82.4 Å². The molecule has 90 valence electrons. The Balaban J connectivity index is 2.66. The van der Waals surface area contributed by atoms with E-state index < -0.39 is 30.5 Å². The molecule has 7 heteroatoms. The summed E-state index contributed by atoms with van der Waals surface area (Å²) < 4.78 is 76.8. The van der Waals surface area contributed by atoms with Crippen molar-refractivity contribution in [1.82, 2.24) is 0 Å². The summed E-state index contributed by atoms with van der Waals surface area (Å²) in [4.78, 5) is 0. The van der Waals surface area contributed by atoms with E-state index in [4.69, 9.17) is 0 Å². The summed E-state index contributed by atoms with van der Waals surface area (Å²) in [5, 5.41) is 0. The van der Waals surface area contributed by atoms with Crippen LogP contribution in [0.4, 0.5) is 26.3 Å². The number of halogens is 6. The van der Waals surface area contributed by atoms with Crippen molar-refractivity contribution in [3.8, 4) is 0 Å². The average molecular weight is 236 g/mol. The van der Waals surface area contributed by atoms with Crippen LogP contribution in [0.15, 0.2) is 0 Å². The molecule has 0 saturated heterocycles. The van der Waals surface area contributed by atoms with Crippen LogP contribution in [-0.4, -0.2) is 24.6 Å². The Morgan fingerprint density at radius 3 is 1.80 bits per heavy atom. The molecule has 1 nitrogen and oxygen atoms in total. The van der Waals surface area contributed by atoms with Gasteiger partial charge in [-0.25, -0.2) is 0 Å².